The molecule has 0 fully saturated rings. The van der Waals surface area contributed by atoms with Crippen molar-refractivity contribution in [3.05, 3.63) is 29.8 Å². The van der Waals surface area contributed by atoms with Gasteiger partial charge in [0, 0.05) is 46.1 Å². The molecule has 1 rings (SSSR count). The summed E-state index contributed by atoms with van der Waals surface area (Å²) < 4.78 is 10.3. The zero-order valence-electron chi connectivity index (χ0n) is 11.4. The van der Waals surface area contributed by atoms with Crippen molar-refractivity contribution in [3.63, 3.8) is 0 Å². The predicted molar refractivity (Wildman–Crippen MR) is 74.9 cm³/mol. The molecule has 4 nitrogen and oxygen atoms in total. The van der Waals surface area contributed by atoms with E-state index < -0.39 is 0 Å². The second-order valence-electron chi connectivity index (χ2n) is 4.16. The van der Waals surface area contributed by atoms with Crippen LogP contribution in [0.2, 0.25) is 0 Å². The number of hydrogen-bond acceptors (Lipinski definition) is 4. The van der Waals surface area contributed by atoms with Crippen LogP contribution < -0.4 is 10.6 Å². The predicted octanol–water partition coefficient (Wildman–Crippen LogP) is 1.63. The summed E-state index contributed by atoms with van der Waals surface area (Å²) >= 11 is 0. The lowest BCUT2D eigenvalue weighted by atomic mass is 10.1. The molecule has 102 valence electrons. The van der Waals surface area contributed by atoms with Gasteiger partial charge in [-0.15, -0.1) is 0 Å². The van der Waals surface area contributed by atoms with E-state index in [-0.39, 0.29) is 0 Å². The quantitative estimate of drug-likeness (QED) is 0.679. The van der Waals surface area contributed by atoms with Crippen LogP contribution in [0.5, 0.6) is 0 Å². The number of nitrogens with two attached hydrogens (primary N) is 1. The Morgan fingerprint density at radius 1 is 1.06 bits per heavy atom. The average molecular weight is 252 g/mol. The van der Waals surface area contributed by atoms with Gasteiger partial charge in [-0.3, -0.25) is 0 Å². The minimum atomic E-state index is 0.559. The molecule has 0 amide bonds. The van der Waals surface area contributed by atoms with E-state index in [1.165, 1.54) is 11.3 Å². The molecule has 4 heteroatoms. The summed E-state index contributed by atoms with van der Waals surface area (Å²) in [6.07, 6.45) is 0.999. The number of hydrogen-bond donors (Lipinski definition) is 1. The first-order valence-electron chi connectivity index (χ1n) is 6.34. The van der Waals surface area contributed by atoms with Crippen LogP contribution in [0.15, 0.2) is 24.3 Å². The Balaban J connectivity index is 2.72. The third kappa shape index (κ3) is 4.64. The summed E-state index contributed by atoms with van der Waals surface area (Å²) in [6, 6.07) is 8.26. The maximum absolute atomic E-state index is 5.79. The number of rotatable bonds is 9. The molecule has 0 atom stereocenters. The van der Waals surface area contributed by atoms with E-state index >= 15 is 0 Å². The van der Waals surface area contributed by atoms with Gasteiger partial charge in [-0.2, -0.15) is 0 Å². The van der Waals surface area contributed by atoms with Crippen molar-refractivity contribution in [1.82, 2.24) is 0 Å². The number of benzene rings is 1. The lowest BCUT2D eigenvalue weighted by Crippen LogP contribution is -2.30. The molecule has 0 heterocycles. The molecule has 0 aliphatic rings. The maximum Gasteiger partial charge on any atom is 0.0637 e. The number of nitrogens with zero attached hydrogens (tertiary/aromatic N) is 1. The monoisotopic (exact) mass is 252 g/mol. The smallest absolute Gasteiger partial charge is 0.0637 e. The Hall–Kier alpha value is -1.10. The van der Waals surface area contributed by atoms with Crippen LogP contribution in [0, 0.1) is 0 Å². The van der Waals surface area contributed by atoms with E-state index in [9.17, 15) is 0 Å². The largest absolute Gasteiger partial charge is 0.385 e. The van der Waals surface area contributed by atoms with Crippen molar-refractivity contribution >= 4 is 5.69 Å². The fourth-order valence-electron chi connectivity index (χ4n) is 1.95. The van der Waals surface area contributed by atoms with E-state index in [0.717, 1.165) is 26.1 Å². The third-order valence-corrected chi connectivity index (χ3v) is 2.89. The van der Waals surface area contributed by atoms with E-state index in [4.69, 9.17) is 15.2 Å². The molecule has 0 bridgehead atoms. The zero-order chi connectivity index (χ0) is 13.2. The van der Waals surface area contributed by atoms with Crippen LogP contribution in [-0.4, -0.2) is 40.5 Å². The second-order valence-corrected chi connectivity index (χ2v) is 4.16. The van der Waals surface area contributed by atoms with Crippen molar-refractivity contribution < 1.29 is 9.47 Å². The Morgan fingerprint density at radius 3 is 2.44 bits per heavy atom. The van der Waals surface area contributed by atoms with Gasteiger partial charge in [0.2, 0.25) is 0 Å². The van der Waals surface area contributed by atoms with Gasteiger partial charge in [0.25, 0.3) is 0 Å². The van der Waals surface area contributed by atoms with Gasteiger partial charge in [0.05, 0.1) is 6.61 Å². The summed E-state index contributed by atoms with van der Waals surface area (Å²) in [5, 5.41) is 0. The molecule has 0 saturated heterocycles. The molecular formula is C14H24N2O2. The van der Waals surface area contributed by atoms with Gasteiger partial charge < -0.3 is 20.1 Å². The first kappa shape index (κ1) is 15.0. The molecule has 0 aromatic heterocycles. The highest BCUT2D eigenvalue weighted by molar-refractivity contribution is 5.53. The summed E-state index contributed by atoms with van der Waals surface area (Å²) in [7, 11) is 3.45. The molecule has 1 aromatic carbocycles. The Labute approximate surface area is 110 Å². The molecule has 0 unspecified atom stereocenters. The SMILES string of the molecule is COCCCN(CCOC)c1ccccc1CN. The fraction of sp³-hybridized carbons (Fsp3) is 0.571. The topological polar surface area (TPSA) is 47.7 Å². The molecular weight excluding hydrogens is 228 g/mol. The summed E-state index contributed by atoms with van der Waals surface area (Å²) in [5.41, 5.74) is 8.16. The van der Waals surface area contributed by atoms with Crippen LogP contribution in [0.3, 0.4) is 0 Å². The maximum atomic E-state index is 5.79. The summed E-state index contributed by atoms with van der Waals surface area (Å²) in [6.45, 7) is 3.87. The average Bonchev–Trinajstić information content (AvgIpc) is 2.42. The minimum Gasteiger partial charge on any atom is -0.385 e. The first-order chi connectivity index (χ1) is 8.83. The normalized spacial score (nSPS) is 10.6. The molecule has 0 aliphatic carbocycles. The van der Waals surface area contributed by atoms with Crippen LogP contribution in [0.4, 0.5) is 5.69 Å². The van der Waals surface area contributed by atoms with E-state index in [1.807, 2.05) is 12.1 Å². The Morgan fingerprint density at radius 2 is 1.78 bits per heavy atom. The van der Waals surface area contributed by atoms with Crippen molar-refractivity contribution in [3.8, 4) is 0 Å². The molecule has 1 aromatic rings. The highest BCUT2D eigenvalue weighted by Gasteiger charge is 2.09. The molecule has 18 heavy (non-hydrogen) atoms. The summed E-state index contributed by atoms with van der Waals surface area (Å²) in [4.78, 5) is 2.31. The lowest BCUT2D eigenvalue weighted by Gasteiger charge is -2.26. The zero-order valence-corrected chi connectivity index (χ0v) is 11.4. The highest BCUT2D eigenvalue weighted by Crippen LogP contribution is 2.20. The number of ether oxygens (including phenoxy) is 2. The minimum absolute atomic E-state index is 0.559. The number of para-hydroxylation sites is 1. The number of methoxy groups -OCH3 is 2. The van der Waals surface area contributed by atoms with E-state index in [0.29, 0.717) is 13.2 Å². The van der Waals surface area contributed by atoms with Crippen molar-refractivity contribution in [2.45, 2.75) is 13.0 Å². The molecule has 2 N–H and O–H groups in total. The summed E-state index contributed by atoms with van der Waals surface area (Å²) in [5.74, 6) is 0. The third-order valence-electron chi connectivity index (χ3n) is 2.89. The lowest BCUT2D eigenvalue weighted by molar-refractivity contribution is 0.191. The van der Waals surface area contributed by atoms with Crippen LogP contribution >= 0.6 is 0 Å². The molecule has 0 spiro atoms. The van der Waals surface area contributed by atoms with Crippen LogP contribution in [-0.2, 0) is 16.0 Å². The van der Waals surface area contributed by atoms with Crippen LogP contribution in [0.1, 0.15) is 12.0 Å². The van der Waals surface area contributed by atoms with Crippen molar-refractivity contribution in [2.24, 2.45) is 5.73 Å². The van der Waals surface area contributed by atoms with Gasteiger partial charge in [-0.05, 0) is 18.1 Å². The van der Waals surface area contributed by atoms with Crippen molar-refractivity contribution in [1.29, 1.82) is 0 Å². The molecule has 0 saturated carbocycles. The van der Waals surface area contributed by atoms with Gasteiger partial charge in [-0.25, -0.2) is 0 Å². The second kappa shape index (κ2) is 8.91. The van der Waals surface area contributed by atoms with Gasteiger partial charge in [0.15, 0.2) is 0 Å². The van der Waals surface area contributed by atoms with E-state index in [1.54, 1.807) is 14.2 Å². The standard InChI is InChI=1S/C14H24N2O2/c1-17-10-5-8-16(9-11-18-2)14-7-4-3-6-13(14)12-15/h3-4,6-7H,5,8-12,15H2,1-2H3. The first-order valence-corrected chi connectivity index (χ1v) is 6.34. The van der Waals surface area contributed by atoms with Crippen LogP contribution in [0.25, 0.3) is 0 Å². The van der Waals surface area contributed by atoms with Crippen molar-refractivity contribution in [2.75, 3.05) is 45.4 Å². The van der Waals surface area contributed by atoms with E-state index in [2.05, 4.69) is 17.0 Å². The molecule has 0 aliphatic heterocycles. The fourth-order valence-corrected chi connectivity index (χ4v) is 1.95. The Kier molecular flexibility index (Phi) is 7.41. The molecule has 0 radical (unpaired) electrons. The number of anilines is 1. The van der Waals surface area contributed by atoms with Gasteiger partial charge >= 0.3 is 0 Å². The highest BCUT2D eigenvalue weighted by atomic mass is 16.5. The Bertz CT molecular complexity index is 331. The van der Waals surface area contributed by atoms with Gasteiger partial charge in [-0.1, -0.05) is 18.2 Å². The van der Waals surface area contributed by atoms with Gasteiger partial charge in [0.1, 0.15) is 0 Å².